The Labute approximate surface area is 237 Å². The molecule has 0 fully saturated rings. The van der Waals surface area contributed by atoms with Crippen molar-refractivity contribution in [2.24, 2.45) is 10.2 Å². The van der Waals surface area contributed by atoms with Gasteiger partial charge in [-0.05, 0) is 37.3 Å². The molecule has 0 radical (unpaired) electrons. The molecule has 0 aliphatic rings. The molecule has 0 amide bonds. The Kier molecular flexibility index (Phi) is 9.48. The molecule has 3 aromatic rings. The van der Waals surface area contributed by atoms with Crippen LogP contribution >= 0.6 is 10.7 Å². The van der Waals surface area contributed by atoms with E-state index in [1.165, 1.54) is 44.4 Å². The van der Waals surface area contributed by atoms with Crippen molar-refractivity contribution in [2.75, 3.05) is 26.5 Å². The highest BCUT2D eigenvalue weighted by Gasteiger charge is 2.29. The van der Waals surface area contributed by atoms with Crippen LogP contribution in [0, 0.1) is 0 Å². The Hall–Kier alpha value is -2.82. The van der Waals surface area contributed by atoms with Gasteiger partial charge in [-0.1, -0.05) is 26.0 Å². The molecular weight excluding hydrogens is 606 g/mol. The van der Waals surface area contributed by atoms with E-state index in [9.17, 15) is 30.4 Å². The molecule has 0 heterocycles. The number of ether oxygens (including phenoxy) is 2. The standard InChI is InChI=1S/C24H28ClN3O9S3/c1-6-28(7-2)40(34,35)22-14-18(23-17(24(22)29)9-8-10-20(23)38(5,30)31)27-26-16-11-12-19(37-15(3)36-4)21(13-16)39(25,32)33/h8-15,29H,6-7H2,1-5H3/b27-26+. The molecule has 0 aliphatic heterocycles. The van der Waals surface area contributed by atoms with Crippen LogP contribution in [-0.4, -0.2) is 67.4 Å². The van der Waals surface area contributed by atoms with E-state index in [0.717, 1.165) is 22.7 Å². The highest BCUT2D eigenvalue weighted by molar-refractivity contribution is 8.13. The van der Waals surface area contributed by atoms with E-state index in [0.29, 0.717) is 0 Å². The maximum absolute atomic E-state index is 13.3. The molecule has 40 heavy (non-hydrogen) atoms. The highest BCUT2D eigenvalue weighted by Crippen LogP contribution is 2.43. The Balaban J connectivity index is 2.33. The van der Waals surface area contributed by atoms with Crippen LogP contribution in [0.25, 0.3) is 10.8 Å². The maximum atomic E-state index is 13.3. The molecule has 3 aromatic carbocycles. The summed E-state index contributed by atoms with van der Waals surface area (Å²) in [4.78, 5) is -1.14. The van der Waals surface area contributed by atoms with Crippen molar-refractivity contribution in [3.8, 4) is 11.5 Å². The SMILES string of the molecule is CCN(CC)S(=O)(=O)c1cc(/N=N/c2ccc(OC(C)OC)c(S(=O)(=O)Cl)c2)c2c(S(C)(=O)=O)cccc2c1O. The number of fused-ring (bicyclic) bond motifs is 1. The zero-order valence-corrected chi connectivity index (χ0v) is 25.4. The third-order valence-electron chi connectivity index (χ3n) is 5.85. The number of methoxy groups -OCH3 is 1. The summed E-state index contributed by atoms with van der Waals surface area (Å²) in [6.07, 6.45) is 0.158. The average Bonchev–Trinajstić information content (AvgIpc) is 2.87. The quantitative estimate of drug-likeness (QED) is 0.179. The minimum absolute atomic E-state index is 0.0251. The lowest BCUT2D eigenvalue weighted by atomic mass is 10.1. The Bertz CT molecular complexity index is 1790. The zero-order chi connectivity index (χ0) is 30.0. The molecular formula is C24H28ClN3O9S3. The van der Waals surface area contributed by atoms with Gasteiger partial charge in [0.1, 0.15) is 21.3 Å². The summed E-state index contributed by atoms with van der Waals surface area (Å²) >= 11 is 0. The van der Waals surface area contributed by atoms with Crippen molar-refractivity contribution in [3.05, 3.63) is 42.5 Å². The van der Waals surface area contributed by atoms with Crippen LogP contribution in [-0.2, 0) is 33.6 Å². The number of phenolic OH excluding ortho intramolecular Hbond substituents is 1. The van der Waals surface area contributed by atoms with Crippen molar-refractivity contribution in [2.45, 2.75) is 41.7 Å². The van der Waals surface area contributed by atoms with Crippen LogP contribution in [0.3, 0.4) is 0 Å². The predicted molar refractivity (Wildman–Crippen MR) is 150 cm³/mol. The molecule has 1 atom stereocenters. The summed E-state index contributed by atoms with van der Waals surface area (Å²) in [5, 5.41) is 19.0. The van der Waals surface area contributed by atoms with Gasteiger partial charge in [0.15, 0.2) is 16.1 Å². The largest absolute Gasteiger partial charge is 0.506 e. The average molecular weight is 634 g/mol. The lowest BCUT2D eigenvalue weighted by Crippen LogP contribution is -2.30. The number of azo groups is 1. The van der Waals surface area contributed by atoms with Gasteiger partial charge >= 0.3 is 0 Å². The molecule has 12 nitrogen and oxygen atoms in total. The Morgan fingerprint density at radius 2 is 1.60 bits per heavy atom. The van der Waals surface area contributed by atoms with E-state index >= 15 is 0 Å². The van der Waals surface area contributed by atoms with Crippen LogP contribution in [0.1, 0.15) is 20.8 Å². The van der Waals surface area contributed by atoms with Gasteiger partial charge in [0.25, 0.3) is 9.05 Å². The first kappa shape index (κ1) is 31.7. The fourth-order valence-corrected chi connectivity index (χ4v) is 7.33. The van der Waals surface area contributed by atoms with Gasteiger partial charge in [-0.15, -0.1) is 5.11 Å². The van der Waals surface area contributed by atoms with Gasteiger partial charge < -0.3 is 14.6 Å². The van der Waals surface area contributed by atoms with Crippen molar-refractivity contribution >= 4 is 61.7 Å². The molecule has 218 valence electrons. The number of sulfone groups is 1. The predicted octanol–water partition coefficient (Wildman–Crippen LogP) is 4.69. The number of aromatic hydroxyl groups is 1. The molecule has 0 bridgehead atoms. The van der Waals surface area contributed by atoms with Gasteiger partial charge in [0.2, 0.25) is 10.0 Å². The normalized spacial score (nSPS) is 13.8. The minimum Gasteiger partial charge on any atom is -0.506 e. The van der Waals surface area contributed by atoms with Crippen molar-refractivity contribution in [3.63, 3.8) is 0 Å². The summed E-state index contributed by atoms with van der Waals surface area (Å²) < 4.78 is 87.8. The number of halogens is 1. The van der Waals surface area contributed by atoms with Gasteiger partial charge in [-0.3, -0.25) is 0 Å². The lowest BCUT2D eigenvalue weighted by molar-refractivity contribution is -0.0399. The second kappa shape index (κ2) is 12.0. The lowest BCUT2D eigenvalue weighted by Gasteiger charge is -2.20. The summed E-state index contributed by atoms with van der Waals surface area (Å²) in [5.41, 5.74) is -0.217. The number of nitrogens with zero attached hydrogens (tertiary/aromatic N) is 3. The Morgan fingerprint density at radius 3 is 2.15 bits per heavy atom. The van der Waals surface area contributed by atoms with Crippen molar-refractivity contribution in [1.82, 2.24) is 4.31 Å². The van der Waals surface area contributed by atoms with E-state index in [1.54, 1.807) is 13.8 Å². The van der Waals surface area contributed by atoms with E-state index in [-0.39, 0.29) is 45.9 Å². The monoisotopic (exact) mass is 633 g/mol. The van der Waals surface area contributed by atoms with E-state index in [1.807, 2.05) is 0 Å². The third kappa shape index (κ3) is 6.56. The number of hydrogen-bond donors (Lipinski definition) is 1. The maximum Gasteiger partial charge on any atom is 0.265 e. The van der Waals surface area contributed by atoms with Crippen LogP contribution in [0.4, 0.5) is 11.4 Å². The molecule has 0 saturated heterocycles. The van der Waals surface area contributed by atoms with Gasteiger partial charge in [-0.2, -0.15) is 9.42 Å². The Morgan fingerprint density at radius 1 is 0.950 bits per heavy atom. The molecule has 16 heteroatoms. The first-order valence-corrected chi connectivity index (χ1v) is 17.4. The first-order chi connectivity index (χ1) is 18.6. The summed E-state index contributed by atoms with van der Waals surface area (Å²) in [6.45, 7) is 5.03. The fraction of sp³-hybridized carbons (Fsp3) is 0.333. The van der Waals surface area contributed by atoms with Crippen LogP contribution in [0.5, 0.6) is 11.5 Å². The number of sulfonamides is 1. The molecule has 0 aliphatic carbocycles. The van der Waals surface area contributed by atoms with Crippen LogP contribution < -0.4 is 4.74 Å². The van der Waals surface area contributed by atoms with E-state index < -0.39 is 50.7 Å². The van der Waals surface area contributed by atoms with Crippen LogP contribution in [0.2, 0.25) is 0 Å². The summed E-state index contributed by atoms with van der Waals surface area (Å²) in [5.74, 6) is -0.749. The van der Waals surface area contributed by atoms with Gasteiger partial charge in [0.05, 0.1) is 16.3 Å². The van der Waals surface area contributed by atoms with Gasteiger partial charge in [0, 0.05) is 47.9 Å². The third-order valence-corrected chi connectivity index (χ3v) is 10.4. The van der Waals surface area contributed by atoms with Crippen LogP contribution in [0.15, 0.2) is 67.4 Å². The van der Waals surface area contributed by atoms with Gasteiger partial charge in [-0.25, -0.2) is 25.3 Å². The second-order valence-corrected chi connectivity index (χ2v) is 14.9. The zero-order valence-electron chi connectivity index (χ0n) is 22.2. The fourth-order valence-electron chi connectivity index (χ4n) is 3.86. The summed E-state index contributed by atoms with van der Waals surface area (Å²) in [7, 11) is -5.44. The topological polar surface area (TPSA) is 169 Å². The molecule has 1 N–H and O–H groups in total. The molecule has 0 saturated carbocycles. The number of hydrogen-bond acceptors (Lipinski definition) is 11. The second-order valence-electron chi connectivity index (χ2n) is 8.47. The van der Waals surface area contributed by atoms with Crippen molar-refractivity contribution in [1.29, 1.82) is 0 Å². The minimum atomic E-state index is -4.31. The van der Waals surface area contributed by atoms with E-state index in [4.69, 9.17) is 20.2 Å². The molecule has 0 aromatic heterocycles. The smallest absolute Gasteiger partial charge is 0.265 e. The summed E-state index contributed by atoms with van der Waals surface area (Å²) in [6, 6.07) is 8.77. The highest BCUT2D eigenvalue weighted by atomic mass is 35.7. The molecule has 3 rings (SSSR count). The van der Waals surface area contributed by atoms with Crippen molar-refractivity contribution < 1.29 is 39.8 Å². The number of phenols is 1. The first-order valence-electron chi connectivity index (χ1n) is 11.7. The molecule has 1 unspecified atom stereocenters. The van der Waals surface area contributed by atoms with E-state index in [2.05, 4.69) is 10.2 Å². The molecule has 0 spiro atoms. The number of benzene rings is 3. The number of rotatable bonds is 11.